The number of aryl methyl sites for hydroxylation is 1. The third-order valence-corrected chi connectivity index (χ3v) is 2.20. The molecular formula is C11H8ClN3. The fourth-order valence-electron chi connectivity index (χ4n) is 1.09. The molecule has 0 atom stereocenters. The zero-order valence-corrected chi connectivity index (χ0v) is 8.86. The maximum Gasteiger partial charge on any atom is 0.144 e. The molecular weight excluding hydrogens is 210 g/mol. The highest BCUT2D eigenvalue weighted by atomic mass is 35.5. The first-order chi connectivity index (χ1) is 7.27. The van der Waals surface area contributed by atoms with Crippen LogP contribution in [-0.2, 0) is 7.05 Å². The molecule has 74 valence electrons. The van der Waals surface area contributed by atoms with E-state index in [1.807, 2.05) is 17.7 Å². The number of hydrogen-bond acceptors (Lipinski definition) is 2. The normalized spacial score (nSPS) is 9.47. The Kier molecular flexibility index (Phi) is 2.70. The molecule has 2 rings (SSSR count). The summed E-state index contributed by atoms with van der Waals surface area (Å²) in [6.45, 7) is 0. The maximum atomic E-state index is 5.87. The summed E-state index contributed by atoms with van der Waals surface area (Å²) in [5.41, 5.74) is 1.57. The van der Waals surface area contributed by atoms with Crippen LogP contribution < -0.4 is 0 Å². The van der Waals surface area contributed by atoms with Crippen molar-refractivity contribution in [1.82, 2.24) is 14.5 Å². The summed E-state index contributed by atoms with van der Waals surface area (Å²) in [6, 6.07) is 3.64. The van der Waals surface area contributed by atoms with Gasteiger partial charge in [0.15, 0.2) is 0 Å². The van der Waals surface area contributed by atoms with E-state index in [1.54, 1.807) is 24.8 Å². The van der Waals surface area contributed by atoms with Crippen molar-refractivity contribution in [2.45, 2.75) is 0 Å². The Balaban J connectivity index is 2.34. The van der Waals surface area contributed by atoms with Crippen molar-refractivity contribution in [2.24, 2.45) is 7.05 Å². The van der Waals surface area contributed by atoms with Crippen molar-refractivity contribution in [2.75, 3.05) is 0 Å². The minimum absolute atomic E-state index is 0.423. The zero-order valence-electron chi connectivity index (χ0n) is 8.11. The van der Waals surface area contributed by atoms with E-state index in [0.29, 0.717) is 5.15 Å². The molecule has 0 saturated carbocycles. The van der Waals surface area contributed by atoms with Crippen molar-refractivity contribution in [3.8, 4) is 11.8 Å². The third kappa shape index (κ3) is 2.17. The molecule has 0 radical (unpaired) electrons. The van der Waals surface area contributed by atoms with Gasteiger partial charge in [-0.15, -0.1) is 0 Å². The largest absolute Gasteiger partial charge is 0.327 e. The predicted octanol–water partition coefficient (Wildman–Crippen LogP) is 1.87. The molecule has 2 aromatic rings. The second-order valence-corrected chi connectivity index (χ2v) is 3.34. The van der Waals surface area contributed by atoms with Gasteiger partial charge in [0.2, 0.25) is 0 Å². The van der Waals surface area contributed by atoms with Gasteiger partial charge in [-0.3, -0.25) is 0 Å². The van der Waals surface area contributed by atoms with Gasteiger partial charge in [0.1, 0.15) is 10.8 Å². The van der Waals surface area contributed by atoms with Crippen LogP contribution in [0.5, 0.6) is 0 Å². The Morgan fingerprint density at radius 1 is 1.40 bits per heavy atom. The van der Waals surface area contributed by atoms with Crippen LogP contribution in [0.1, 0.15) is 11.3 Å². The van der Waals surface area contributed by atoms with E-state index in [0.717, 1.165) is 11.3 Å². The molecule has 0 N–H and O–H groups in total. The lowest BCUT2D eigenvalue weighted by Crippen LogP contribution is -1.88. The molecule has 0 saturated heterocycles. The zero-order chi connectivity index (χ0) is 10.7. The number of rotatable bonds is 0. The van der Waals surface area contributed by atoms with Gasteiger partial charge >= 0.3 is 0 Å². The van der Waals surface area contributed by atoms with Crippen molar-refractivity contribution >= 4 is 11.6 Å². The highest BCUT2D eigenvalue weighted by Gasteiger charge is 1.96. The number of hydrogen-bond donors (Lipinski definition) is 0. The lowest BCUT2D eigenvalue weighted by Gasteiger charge is -1.92. The SMILES string of the molecule is Cn1cncc1C#Cc1cccnc1Cl. The molecule has 0 unspecified atom stereocenters. The fraction of sp³-hybridized carbons (Fsp3) is 0.0909. The Morgan fingerprint density at radius 3 is 2.93 bits per heavy atom. The minimum Gasteiger partial charge on any atom is -0.327 e. The Labute approximate surface area is 92.7 Å². The van der Waals surface area contributed by atoms with Gasteiger partial charge in [0.25, 0.3) is 0 Å². The van der Waals surface area contributed by atoms with Crippen LogP contribution in [0.15, 0.2) is 30.9 Å². The van der Waals surface area contributed by atoms with Gasteiger partial charge in [0.05, 0.1) is 18.1 Å². The van der Waals surface area contributed by atoms with Gasteiger partial charge in [-0.1, -0.05) is 17.5 Å². The second-order valence-electron chi connectivity index (χ2n) is 2.98. The van der Waals surface area contributed by atoms with Crippen LogP contribution in [-0.4, -0.2) is 14.5 Å². The number of aromatic nitrogens is 3. The quantitative estimate of drug-likeness (QED) is 0.498. The van der Waals surface area contributed by atoms with Gasteiger partial charge in [-0.25, -0.2) is 9.97 Å². The minimum atomic E-state index is 0.423. The predicted molar refractivity (Wildman–Crippen MR) is 58.4 cm³/mol. The van der Waals surface area contributed by atoms with E-state index in [9.17, 15) is 0 Å². The van der Waals surface area contributed by atoms with E-state index >= 15 is 0 Å². The molecule has 4 heteroatoms. The number of nitrogens with zero attached hydrogens (tertiary/aromatic N) is 3. The number of pyridine rings is 1. The molecule has 15 heavy (non-hydrogen) atoms. The molecule has 0 fully saturated rings. The Bertz CT molecular complexity index is 534. The smallest absolute Gasteiger partial charge is 0.144 e. The first-order valence-corrected chi connectivity index (χ1v) is 4.74. The topological polar surface area (TPSA) is 30.7 Å². The summed E-state index contributed by atoms with van der Waals surface area (Å²) in [5, 5.41) is 0.423. The van der Waals surface area contributed by atoms with Gasteiger partial charge in [-0.05, 0) is 18.1 Å². The summed E-state index contributed by atoms with van der Waals surface area (Å²) in [4.78, 5) is 7.91. The fourth-order valence-corrected chi connectivity index (χ4v) is 1.25. The second kappa shape index (κ2) is 4.16. The highest BCUT2D eigenvalue weighted by molar-refractivity contribution is 6.30. The highest BCUT2D eigenvalue weighted by Crippen LogP contribution is 2.09. The van der Waals surface area contributed by atoms with Crippen LogP contribution in [0.25, 0.3) is 0 Å². The first kappa shape index (κ1) is 9.75. The number of imidazole rings is 1. The van der Waals surface area contributed by atoms with Crippen LogP contribution in [0.4, 0.5) is 0 Å². The maximum absolute atomic E-state index is 5.87. The summed E-state index contributed by atoms with van der Waals surface area (Å²) in [5.74, 6) is 5.93. The van der Waals surface area contributed by atoms with E-state index in [1.165, 1.54) is 0 Å². The summed E-state index contributed by atoms with van der Waals surface area (Å²) in [7, 11) is 1.89. The number of halogens is 1. The van der Waals surface area contributed by atoms with Crippen LogP contribution in [0.2, 0.25) is 5.15 Å². The molecule has 0 aliphatic heterocycles. The average Bonchev–Trinajstić information content (AvgIpc) is 2.63. The molecule has 3 nitrogen and oxygen atoms in total. The van der Waals surface area contributed by atoms with Crippen molar-refractivity contribution < 1.29 is 0 Å². The average molecular weight is 218 g/mol. The summed E-state index contributed by atoms with van der Waals surface area (Å²) in [6.07, 6.45) is 5.05. The lowest BCUT2D eigenvalue weighted by molar-refractivity contribution is 0.899. The van der Waals surface area contributed by atoms with Crippen LogP contribution in [0, 0.1) is 11.8 Å². The molecule has 0 aromatic carbocycles. The Morgan fingerprint density at radius 2 is 2.27 bits per heavy atom. The van der Waals surface area contributed by atoms with Crippen molar-refractivity contribution in [3.05, 3.63) is 47.3 Å². The van der Waals surface area contributed by atoms with Crippen molar-refractivity contribution in [1.29, 1.82) is 0 Å². The monoisotopic (exact) mass is 217 g/mol. The molecule has 0 spiro atoms. The molecule has 0 aliphatic carbocycles. The molecule has 0 aliphatic rings. The molecule has 0 bridgehead atoms. The van der Waals surface area contributed by atoms with E-state index < -0.39 is 0 Å². The van der Waals surface area contributed by atoms with E-state index in [-0.39, 0.29) is 0 Å². The summed E-state index contributed by atoms with van der Waals surface area (Å²) >= 11 is 5.87. The standard InChI is InChI=1S/C11H8ClN3/c1-15-8-13-7-10(15)5-4-9-3-2-6-14-11(9)12/h2-3,6-8H,1H3. The van der Waals surface area contributed by atoms with Crippen LogP contribution in [0.3, 0.4) is 0 Å². The van der Waals surface area contributed by atoms with Crippen molar-refractivity contribution in [3.63, 3.8) is 0 Å². The van der Waals surface area contributed by atoms with Crippen LogP contribution >= 0.6 is 11.6 Å². The molecule has 2 heterocycles. The first-order valence-electron chi connectivity index (χ1n) is 4.36. The van der Waals surface area contributed by atoms with E-state index in [4.69, 9.17) is 11.6 Å². The lowest BCUT2D eigenvalue weighted by atomic mass is 10.3. The Hall–Kier alpha value is -1.79. The molecule has 0 amide bonds. The summed E-state index contributed by atoms with van der Waals surface area (Å²) < 4.78 is 1.84. The molecule has 2 aromatic heterocycles. The van der Waals surface area contributed by atoms with Gasteiger partial charge in [0, 0.05) is 13.2 Å². The third-order valence-electron chi connectivity index (χ3n) is 1.90. The van der Waals surface area contributed by atoms with Gasteiger partial charge in [-0.2, -0.15) is 0 Å². The van der Waals surface area contributed by atoms with Gasteiger partial charge < -0.3 is 4.57 Å². The van der Waals surface area contributed by atoms with E-state index in [2.05, 4.69) is 21.8 Å².